The van der Waals surface area contributed by atoms with E-state index in [1.165, 1.54) is 11.1 Å². The van der Waals surface area contributed by atoms with E-state index in [9.17, 15) is 0 Å². The monoisotopic (exact) mass is 263 g/mol. The number of benzene rings is 1. The van der Waals surface area contributed by atoms with Crippen LogP contribution >= 0.6 is 0 Å². The van der Waals surface area contributed by atoms with Crippen molar-refractivity contribution in [3.05, 3.63) is 29.3 Å². The Morgan fingerprint density at radius 1 is 1.32 bits per heavy atom. The maximum atomic E-state index is 6.02. The predicted octanol–water partition coefficient (Wildman–Crippen LogP) is 2.82. The molecule has 106 valence electrons. The van der Waals surface area contributed by atoms with E-state index in [0.29, 0.717) is 5.92 Å². The van der Waals surface area contributed by atoms with Crippen molar-refractivity contribution in [1.29, 1.82) is 0 Å². The van der Waals surface area contributed by atoms with Gasteiger partial charge in [-0.3, -0.25) is 0 Å². The molecule has 1 unspecified atom stereocenters. The zero-order valence-electron chi connectivity index (χ0n) is 12.4. The molecule has 0 amide bonds. The largest absolute Gasteiger partial charge is 0.496 e. The van der Waals surface area contributed by atoms with Crippen molar-refractivity contribution in [2.45, 2.75) is 44.6 Å². The number of hydrogen-bond donors (Lipinski definition) is 1. The number of nitrogens with two attached hydrogens (primary N) is 1. The molecule has 0 aromatic heterocycles. The summed E-state index contributed by atoms with van der Waals surface area (Å²) in [6.07, 6.45) is 0.935. The van der Waals surface area contributed by atoms with Crippen LogP contribution in [-0.2, 0) is 10.2 Å². The highest BCUT2D eigenvalue weighted by Gasteiger charge is 2.43. The van der Waals surface area contributed by atoms with Crippen LogP contribution in [0.3, 0.4) is 0 Å². The summed E-state index contributed by atoms with van der Waals surface area (Å²) in [6.45, 7) is 7.96. The maximum Gasteiger partial charge on any atom is 0.122 e. The van der Waals surface area contributed by atoms with Gasteiger partial charge in [-0.1, -0.05) is 26.0 Å². The van der Waals surface area contributed by atoms with Gasteiger partial charge < -0.3 is 15.2 Å². The molecule has 0 aliphatic carbocycles. The molecular weight excluding hydrogens is 238 g/mol. The van der Waals surface area contributed by atoms with Gasteiger partial charge in [-0.2, -0.15) is 0 Å². The van der Waals surface area contributed by atoms with Crippen LogP contribution in [0.5, 0.6) is 5.75 Å². The van der Waals surface area contributed by atoms with Gasteiger partial charge in [0.15, 0.2) is 0 Å². The first-order valence-electron chi connectivity index (χ1n) is 7.00. The van der Waals surface area contributed by atoms with E-state index < -0.39 is 0 Å². The highest BCUT2D eigenvalue weighted by molar-refractivity contribution is 5.45. The minimum Gasteiger partial charge on any atom is -0.496 e. The Balaban J connectivity index is 2.42. The van der Waals surface area contributed by atoms with E-state index in [-0.39, 0.29) is 11.5 Å². The Bertz CT molecular complexity index is 436. The molecule has 1 fully saturated rings. The summed E-state index contributed by atoms with van der Waals surface area (Å²) in [5.74, 6) is 1.46. The molecule has 2 N–H and O–H groups in total. The fourth-order valence-corrected chi connectivity index (χ4v) is 2.85. The van der Waals surface area contributed by atoms with Crippen LogP contribution in [0.25, 0.3) is 0 Å². The Kier molecular flexibility index (Phi) is 4.16. The molecule has 0 saturated carbocycles. The van der Waals surface area contributed by atoms with E-state index in [1.807, 2.05) is 0 Å². The zero-order valence-corrected chi connectivity index (χ0v) is 12.4. The third-order valence-electron chi connectivity index (χ3n) is 3.93. The van der Waals surface area contributed by atoms with Gasteiger partial charge in [0.1, 0.15) is 5.75 Å². The molecule has 0 radical (unpaired) electrons. The lowest BCUT2D eigenvalue weighted by molar-refractivity contribution is -0.0674. The number of rotatable bonds is 5. The Morgan fingerprint density at radius 2 is 2.00 bits per heavy atom. The highest BCUT2D eigenvalue weighted by Crippen LogP contribution is 2.42. The van der Waals surface area contributed by atoms with Crippen molar-refractivity contribution in [2.75, 3.05) is 20.3 Å². The minimum absolute atomic E-state index is 0.0322. The van der Waals surface area contributed by atoms with Crippen molar-refractivity contribution in [3.8, 4) is 5.75 Å². The predicted molar refractivity (Wildman–Crippen MR) is 77.8 cm³/mol. The third kappa shape index (κ3) is 2.77. The van der Waals surface area contributed by atoms with E-state index in [4.69, 9.17) is 15.2 Å². The summed E-state index contributed by atoms with van der Waals surface area (Å²) < 4.78 is 11.0. The van der Waals surface area contributed by atoms with Gasteiger partial charge in [0, 0.05) is 17.0 Å². The molecule has 1 aromatic carbocycles. The Labute approximate surface area is 116 Å². The van der Waals surface area contributed by atoms with Gasteiger partial charge in [-0.15, -0.1) is 0 Å². The standard InChI is InChI=1S/C16H25NO2/c1-11(2)13-5-6-15(18-4)14(7-13)16(8-12(3)17)9-19-10-16/h5-7,11-12H,8-10,17H2,1-4H3. The molecule has 1 heterocycles. The molecule has 2 rings (SSSR count). The fraction of sp³-hybridized carbons (Fsp3) is 0.625. The molecule has 1 aliphatic rings. The summed E-state index contributed by atoms with van der Waals surface area (Å²) in [7, 11) is 1.73. The first-order valence-corrected chi connectivity index (χ1v) is 7.00. The fourth-order valence-electron chi connectivity index (χ4n) is 2.85. The van der Waals surface area contributed by atoms with E-state index >= 15 is 0 Å². The van der Waals surface area contributed by atoms with Crippen molar-refractivity contribution in [1.82, 2.24) is 0 Å². The van der Waals surface area contributed by atoms with Gasteiger partial charge in [0.25, 0.3) is 0 Å². The quantitative estimate of drug-likeness (QED) is 0.888. The van der Waals surface area contributed by atoms with Crippen LogP contribution in [0.4, 0.5) is 0 Å². The van der Waals surface area contributed by atoms with Crippen LogP contribution in [0, 0.1) is 0 Å². The summed E-state index contributed by atoms with van der Waals surface area (Å²) in [5, 5.41) is 0. The highest BCUT2D eigenvalue weighted by atomic mass is 16.5. The molecule has 1 aliphatic heterocycles. The lowest BCUT2D eigenvalue weighted by atomic mass is 9.73. The molecule has 0 spiro atoms. The summed E-state index contributed by atoms with van der Waals surface area (Å²) in [6, 6.07) is 6.66. The van der Waals surface area contributed by atoms with E-state index in [2.05, 4.69) is 39.0 Å². The van der Waals surface area contributed by atoms with Crippen molar-refractivity contribution in [2.24, 2.45) is 5.73 Å². The topological polar surface area (TPSA) is 44.5 Å². The number of hydrogen-bond acceptors (Lipinski definition) is 3. The Morgan fingerprint density at radius 3 is 2.42 bits per heavy atom. The van der Waals surface area contributed by atoms with Crippen LogP contribution in [0.15, 0.2) is 18.2 Å². The maximum absolute atomic E-state index is 6.02. The van der Waals surface area contributed by atoms with Gasteiger partial charge in [-0.05, 0) is 30.9 Å². The van der Waals surface area contributed by atoms with Crippen molar-refractivity contribution in [3.63, 3.8) is 0 Å². The average molecular weight is 263 g/mol. The van der Waals surface area contributed by atoms with Crippen LogP contribution in [-0.4, -0.2) is 26.4 Å². The number of ether oxygens (including phenoxy) is 2. The van der Waals surface area contributed by atoms with E-state index in [1.54, 1.807) is 7.11 Å². The van der Waals surface area contributed by atoms with E-state index in [0.717, 1.165) is 25.4 Å². The molecule has 3 heteroatoms. The second-order valence-corrected chi connectivity index (χ2v) is 6.07. The molecule has 1 saturated heterocycles. The minimum atomic E-state index is 0.0322. The molecular formula is C16H25NO2. The second kappa shape index (κ2) is 5.51. The van der Waals surface area contributed by atoms with Crippen LogP contribution in [0.1, 0.15) is 44.2 Å². The van der Waals surface area contributed by atoms with Crippen molar-refractivity contribution >= 4 is 0 Å². The van der Waals surface area contributed by atoms with Gasteiger partial charge >= 0.3 is 0 Å². The lowest BCUT2D eigenvalue weighted by Gasteiger charge is -2.44. The molecule has 0 bridgehead atoms. The normalized spacial score (nSPS) is 19.1. The van der Waals surface area contributed by atoms with Gasteiger partial charge in [0.05, 0.1) is 20.3 Å². The third-order valence-corrected chi connectivity index (χ3v) is 3.93. The number of methoxy groups -OCH3 is 1. The van der Waals surface area contributed by atoms with Gasteiger partial charge in [0.2, 0.25) is 0 Å². The van der Waals surface area contributed by atoms with Crippen LogP contribution in [0.2, 0.25) is 0 Å². The molecule has 1 atom stereocenters. The molecule has 19 heavy (non-hydrogen) atoms. The first kappa shape index (κ1) is 14.4. The average Bonchev–Trinajstić information content (AvgIpc) is 2.32. The summed E-state index contributed by atoms with van der Waals surface area (Å²) >= 11 is 0. The van der Waals surface area contributed by atoms with Crippen molar-refractivity contribution < 1.29 is 9.47 Å². The first-order chi connectivity index (χ1) is 8.98. The summed E-state index contributed by atoms with van der Waals surface area (Å²) in [4.78, 5) is 0. The Hall–Kier alpha value is -1.06. The SMILES string of the molecule is COc1ccc(C(C)C)cc1C1(CC(C)N)COC1. The molecule has 1 aromatic rings. The zero-order chi connectivity index (χ0) is 14.0. The summed E-state index contributed by atoms with van der Waals surface area (Å²) in [5.41, 5.74) is 8.64. The smallest absolute Gasteiger partial charge is 0.122 e. The van der Waals surface area contributed by atoms with Gasteiger partial charge in [-0.25, -0.2) is 0 Å². The lowest BCUT2D eigenvalue weighted by Crippen LogP contribution is -2.50. The van der Waals surface area contributed by atoms with Crippen LogP contribution < -0.4 is 10.5 Å². The molecule has 3 nitrogen and oxygen atoms in total. The second-order valence-electron chi connectivity index (χ2n) is 6.07.